The molecule has 4 heteroatoms. The number of benzene rings is 1. The summed E-state index contributed by atoms with van der Waals surface area (Å²) in [4.78, 5) is 11.2. The van der Waals surface area contributed by atoms with E-state index in [0.29, 0.717) is 0 Å². The number of hydrogen-bond acceptors (Lipinski definition) is 2. The van der Waals surface area contributed by atoms with Crippen molar-refractivity contribution >= 4 is 5.97 Å². The van der Waals surface area contributed by atoms with Crippen LogP contribution in [0.15, 0.2) is 30.6 Å². The minimum Gasteiger partial charge on any atom is -0.481 e. The van der Waals surface area contributed by atoms with Gasteiger partial charge in [0.15, 0.2) is 0 Å². The number of rotatable bonds is 5. The van der Waals surface area contributed by atoms with Crippen molar-refractivity contribution in [3.63, 3.8) is 0 Å². The zero-order valence-corrected chi connectivity index (χ0v) is 13.0. The van der Waals surface area contributed by atoms with Crippen molar-refractivity contribution in [3.8, 4) is 5.69 Å². The van der Waals surface area contributed by atoms with Gasteiger partial charge in [-0.05, 0) is 46.7 Å². The van der Waals surface area contributed by atoms with Crippen LogP contribution in [-0.4, -0.2) is 20.9 Å². The van der Waals surface area contributed by atoms with Gasteiger partial charge in [-0.3, -0.25) is 4.79 Å². The molecular weight excluding hydrogens is 264 g/mol. The molecule has 112 valence electrons. The molecule has 0 saturated heterocycles. The number of hydrogen-bond donors (Lipinski definition) is 1. The van der Waals surface area contributed by atoms with Crippen LogP contribution in [0.25, 0.3) is 5.69 Å². The molecule has 2 aromatic rings. The second-order valence-corrected chi connectivity index (χ2v) is 5.93. The summed E-state index contributed by atoms with van der Waals surface area (Å²) in [5, 5.41) is 13.5. The smallest absolute Gasteiger partial charge is 0.307 e. The van der Waals surface area contributed by atoms with Crippen molar-refractivity contribution < 1.29 is 9.90 Å². The Balaban J connectivity index is 2.66. The van der Waals surface area contributed by atoms with E-state index in [-0.39, 0.29) is 18.3 Å². The molecule has 0 fully saturated rings. The molecule has 0 amide bonds. The fourth-order valence-corrected chi connectivity index (χ4v) is 2.64. The Hall–Kier alpha value is -2.10. The first-order chi connectivity index (χ1) is 9.90. The van der Waals surface area contributed by atoms with E-state index >= 15 is 0 Å². The van der Waals surface area contributed by atoms with Crippen LogP contribution in [0.2, 0.25) is 0 Å². The highest BCUT2D eigenvalue weighted by Crippen LogP contribution is 2.31. The maximum atomic E-state index is 11.2. The molecule has 1 heterocycles. The van der Waals surface area contributed by atoms with Gasteiger partial charge in [-0.25, -0.2) is 4.68 Å². The molecule has 1 N–H and O–H groups in total. The topological polar surface area (TPSA) is 55.1 Å². The average Bonchev–Trinajstić information content (AvgIpc) is 2.91. The van der Waals surface area contributed by atoms with Gasteiger partial charge < -0.3 is 5.11 Å². The van der Waals surface area contributed by atoms with E-state index in [1.807, 2.05) is 16.9 Å². The number of carboxylic acid groups (broad SMARTS) is 1. The Kier molecular flexibility index (Phi) is 4.46. The molecule has 0 bridgehead atoms. The van der Waals surface area contributed by atoms with Gasteiger partial charge >= 0.3 is 5.97 Å². The van der Waals surface area contributed by atoms with E-state index in [2.05, 4.69) is 44.9 Å². The molecule has 0 radical (unpaired) electrons. The Morgan fingerprint density at radius 2 is 1.76 bits per heavy atom. The molecule has 0 unspecified atom stereocenters. The minimum atomic E-state index is -0.786. The monoisotopic (exact) mass is 286 g/mol. The molecule has 0 aliphatic rings. The van der Waals surface area contributed by atoms with Gasteiger partial charge in [0, 0.05) is 12.4 Å². The normalized spacial score (nSPS) is 11.3. The predicted octanol–water partition coefficient (Wildman–Crippen LogP) is 3.75. The van der Waals surface area contributed by atoms with E-state index in [0.717, 1.165) is 22.4 Å². The van der Waals surface area contributed by atoms with Crippen LogP contribution >= 0.6 is 0 Å². The molecule has 0 saturated carbocycles. The molecule has 0 aliphatic heterocycles. The van der Waals surface area contributed by atoms with Crippen LogP contribution in [-0.2, 0) is 11.2 Å². The maximum Gasteiger partial charge on any atom is 0.307 e. The summed E-state index contributed by atoms with van der Waals surface area (Å²) in [7, 11) is 0. The highest BCUT2D eigenvalue weighted by Gasteiger charge is 2.18. The first-order valence-electron chi connectivity index (χ1n) is 7.28. The number of carbonyl (C=O) groups is 1. The summed E-state index contributed by atoms with van der Waals surface area (Å²) in [5.74, 6) is -0.245. The van der Waals surface area contributed by atoms with Crippen molar-refractivity contribution in [1.29, 1.82) is 0 Å². The van der Waals surface area contributed by atoms with Crippen LogP contribution in [0.5, 0.6) is 0 Å². The van der Waals surface area contributed by atoms with Crippen LogP contribution in [0.3, 0.4) is 0 Å². The molecule has 0 spiro atoms. The average molecular weight is 286 g/mol. The second kappa shape index (κ2) is 6.12. The van der Waals surface area contributed by atoms with Gasteiger partial charge in [0.25, 0.3) is 0 Å². The van der Waals surface area contributed by atoms with Crippen LogP contribution in [0, 0.1) is 0 Å². The Morgan fingerprint density at radius 3 is 2.14 bits per heavy atom. The predicted molar refractivity (Wildman–Crippen MR) is 83.1 cm³/mol. The van der Waals surface area contributed by atoms with Crippen molar-refractivity contribution in [2.75, 3.05) is 0 Å². The summed E-state index contributed by atoms with van der Waals surface area (Å²) in [6, 6.07) is 6.00. The molecule has 1 aromatic heterocycles. The fraction of sp³-hybridized carbons (Fsp3) is 0.412. The van der Waals surface area contributed by atoms with Gasteiger partial charge in [0.1, 0.15) is 0 Å². The third-order valence-corrected chi connectivity index (χ3v) is 3.64. The third kappa shape index (κ3) is 3.32. The van der Waals surface area contributed by atoms with Gasteiger partial charge in [0.2, 0.25) is 0 Å². The van der Waals surface area contributed by atoms with Crippen LogP contribution < -0.4 is 0 Å². The summed E-state index contributed by atoms with van der Waals surface area (Å²) in [6.07, 6.45) is 3.72. The van der Waals surface area contributed by atoms with E-state index in [1.54, 1.807) is 6.20 Å². The van der Waals surface area contributed by atoms with E-state index in [9.17, 15) is 9.90 Å². The van der Waals surface area contributed by atoms with Crippen molar-refractivity contribution in [3.05, 3.63) is 47.3 Å². The molecule has 21 heavy (non-hydrogen) atoms. The van der Waals surface area contributed by atoms with Gasteiger partial charge in [0.05, 0.1) is 12.1 Å². The summed E-state index contributed by atoms with van der Waals surface area (Å²) in [5.41, 5.74) is 4.12. The number of carboxylic acids is 1. The summed E-state index contributed by atoms with van der Waals surface area (Å²) in [6.45, 7) is 8.38. The molecule has 0 aliphatic carbocycles. The highest BCUT2D eigenvalue weighted by molar-refractivity contribution is 5.72. The van der Waals surface area contributed by atoms with Gasteiger partial charge in [-0.15, -0.1) is 0 Å². The lowest BCUT2D eigenvalue weighted by molar-refractivity contribution is -0.136. The Bertz CT molecular complexity index is 599. The summed E-state index contributed by atoms with van der Waals surface area (Å²) >= 11 is 0. The van der Waals surface area contributed by atoms with Crippen LogP contribution in [0.1, 0.15) is 56.2 Å². The lowest BCUT2D eigenvalue weighted by atomic mass is 9.86. The second-order valence-electron chi connectivity index (χ2n) is 5.93. The zero-order valence-electron chi connectivity index (χ0n) is 13.0. The maximum absolute atomic E-state index is 11.2. The lowest BCUT2D eigenvalue weighted by Gasteiger charge is -2.20. The van der Waals surface area contributed by atoms with Crippen LogP contribution in [0.4, 0.5) is 0 Å². The van der Waals surface area contributed by atoms with Crippen molar-refractivity contribution in [2.45, 2.75) is 46.0 Å². The van der Waals surface area contributed by atoms with E-state index < -0.39 is 5.97 Å². The minimum absolute atomic E-state index is 0.0699. The lowest BCUT2D eigenvalue weighted by Crippen LogP contribution is -2.11. The van der Waals surface area contributed by atoms with Crippen molar-refractivity contribution in [1.82, 2.24) is 9.78 Å². The standard InChI is InChI=1S/C17H22N2O2/c1-11(2)14-8-13(19-7-5-6-18-19)9-15(12(3)4)16(14)10-17(20)21/h5-9,11-12H,10H2,1-4H3,(H,20,21). The van der Waals surface area contributed by atoms with Gasteiger partial charge in [-0.2, -0.15) is 5.10 Å². The highest BCUT2D eigenvalue weighted by atomic mass is 16.4. The molecule has 1 aromatic carbocycles. The zero-order chi connectivity index (χ0) is 15.6. The molecule has 0 atom stereocenters. The first-order valence-corrected chi connectivity index (χ1v) is 7.28. The Morgan fingerprint density at radius 1 is 1.19 bits per heavy atom. The molecular formula is C17H22N2O2. The number of aromatic nitrogens is 2. The summed E-state index contributed by atoms with van der Waals surface area (Å²) < 4.78 is 1.82. The third-order valence-electron chi connectivity index (χ3n) is 3.64. The van der Waals surface area contributed by atoms with Gasteiger partial charge in [-0.1, -0.05) is 27.7 Å². The molecule has 2 rings (SSSR count). The van der Waals surface area contributed by atoms with Crippen molar-refractivity contribution in [2.24, 2.45) is 0 Å². The van der Waals surface area contributed by atoms with E-state index in [1.165, 1.54) is 0 Å². The molecule has 4 nitrogen and oxygen atoms in total. The Labute approximate surface area is 125 Å². The largest absolute Gasteiger partial charge is 0.481 e. The first kappa shape index (κ1) is 15.3. The van der Waals surface area contributed by atoms with E-state index in [4.69, 9.17) is 0 Å². The number of aliphatic carboxylic acids is 1. The quantitative estimate of drug-likeness (QED) is 0.910. The fourth-order valence-electron chi connectivity index (χ4n) is 2.64. The SMILES string of the molecule is CC(C)c1cc(-n2cccn2)cc(C(C)C)c1CC(=O)O. The number of nitrogens with zero attached hydrogens (tertiary/aromatic N) is 2.